The van der Waals surface area contributed by atoms with Crippen molar-refractivity contribution in [2.75, 3.05) is 7.11 Å². The molecule has 0 unspecified atom stereocenters. The summed E-state index contributed by atoms with van der Waals surface area (Å²) in [7, 11) is 1.62. The van der Waals surface area contributed by atoms with Gasteiger partial charge in [0.1, 0.15) is 5.75 Å². The number of hydrogen-bond acceptors (Lipinski definition) is 2. The minimum absolute atomic E-state index is 0.260. The zero-order valence-corrected chi connectivity index (χ0v) is 9.55. The van der Waals surface area contributed by atoms with Crippen LogP contribution in [0.5, 0.6) is 5.75 Å². The largest absolute Gasteiger partial charge is 0.497 e. The topological polar surface area (TPSA) is 45.4 Å². The number of aliphatic imine (C=N–C) groups is 1. The first-order valence-corrected chi connectivity index (χ1v) is 5.29. The van der Waals surface area contributed by atoms with Crippen molar-refractivity contribution in [3.63, 3.8) is 0 Å². The van der Waals surface area contributed by atoms with Crippen molar-refractivity contribution in [1.29, 1.82) is 0 Å². The first-order chi connectivity index (χ1) is 8.29. The van der Waals surface area contributed by atoms with Crippen molar-refractivity contribution in [1.82, 2.24) is 5.73 Å². The third-order valence-electron chi connectivity index (χ3n) is 2.36. The monoisotopic (exact) mass is 225 g/mol. The van der Waals surface area contributed by atoms with E-state index in [0.29, 0.717) is 0 Å². The highest BCUT2D eigenvalue weighted by molar-refractivity contribution is 5.98. The molecule has 2 aromatic rings. The molecule has 0 aliphatic carbocycles. The first kappa shape index (κ1) is 11.2. The van der Waals surface area contributed by atoms with Crippen molar-refractivity contribution in [2.24, 2.45) is 4.99 Å². The molecule has 1 N–H and O–H groups in total. The van der Waals surface area contributed by atoms with Crippen LogP contribution in [0, 0.1) is 0 Å². The van der Waals surface area contributed by atoms with Crippen molar-refractivity contribution >= 4 is 11.5 Å². The molecular weight excluding hydrogens is 212 g/mol. The number of benzene rings is 2. The molecule has 0 aliphatic heterocycles. The Kier molecular flexibility index (Phi) is 3.40. The summed E-state index contributed by atoms with van der Waals surface area (Å²) in [6, 6.07) is 16.8. The molecule has 0 aliphatic rings. The lowest BCUT2D eigenvalue weighted by Crippen LogP contribution is -1.99. The minimum Gasteiger partial charge on any atom is -0.497 e. The van der Waals surface area contributed by atoms with Gasteiger partial charge in [-0.3, -0.25) is 5.73 Å². The zero-order valence-electron chi connectivity index (χ0n) is 9.55. The van der Waals surface area contributed by atoms with Gasteiger partial charge in [0.2, 0.25) is 0 Å². The number of hydrogen-bond donors (Lipinski definition) is 0. The van der Waals surface area contributed by atoms with Gasteiger partial charge < -0.3 is 4.74 Å². The molecule has 0 saturated heterocycles. The minimum atomic E-state index is 0.260. The Labute approximate surface area is 101 Å². The maximum absolute atomic E-state index is 7.87. The highest BCUT2D eigenvalue weighted by Gasteiger charge is 1.98. The lowest BCUT2D eigenvalue weighted by Gasteiger charge is -2.01. The average molecular weight is 225 g/mol. The van der Waals surface area contributed by atoms with Gasteiger partial charge in [0, 0.05) is 5.56 Å². The molecule has 0 bridgehead atoms. The van der Waals surface area contributed by atoms with E-state index in [1.165, 1.54) is 0 Å². The first-order valence-electron chi connectivity index (χ1n) is 5.29. The summed E-state index contributed by atoms with van der Waals surface area (Å²) in [6.07, 6.45) is 0. The van der Waals surface area contributed by atoms with Crippen LogP contribution in [0.3, 0.4) is 0 Å². The fourth-order valence-corrected chi connectivity index (χ4v) is 1.45. The number of methoxy groups -OCH3 is 1. The highest BCUT2D eigenvalue weighted by Crippen LogP contribution is 2.18. The van der Waals surface area contributed by atoms with Crippen molar-refractivity contribution in [3.05, 3.63) is 60.2 Å². The van der Waals surface area contributed by atoms with Crippen molar-refractivity contribution in [2.45, 2.75) is 0 Å². The quantitative estimate of drug-likeness (QED) is 0.585. The van der Waals surface area contributed by atoms with Crippen LogP contribution in [-0.2, 0) is 0 Å². The van der Waals surface area contributed by atoms with E-state index in [9.17, 15) is 0 Å². The predicted molar refractivity (Wildman–Crippen MR) is 68.7 cm³/mol. The van der Waals surface area contributed by atoms with Crippen LogP contribution < -0.4 is 10.5 Å². The van der Waals surface area contributed by atoms with E-state index >= 15 is 0 Å². The zero-order chi connectivity index (χ0) is 12.1. The lowest BCUT2D eigenvalue weighted by molar-refractivity contribution is 0.415. The molecule has 2 aromatic carbocycles. The molecular formula is C14H13N2O. The summed E-state index contributed by atoms with van der Waals surface area (Å²) in [5, 5.41) is 0. The number of ether oxygens (including phenoxy) is 1. The summed E-state index contributed by atoms with van der Waals surface area (Å²) in [4.78, 5) is 4.23. The van der Waals surface area contributed by atoms with Crippen LogP contribution in [0.2, 0.25) is 0 Å². The third-order valence-corrected chi connectivity index (χ3v) is 2.36. The van der Waals surface area contributed by atoms with E-state index in [-0.39, 0.29) is 5.84 Å². The number of nitrogens with zero attached hydrogens (tertiary/aromatic N) is 1. The van der Waals surface area contributed by atoms with E-state index in [4.69, 9.17) is 10.5 Å². The molecule has 2 rings (SSSR count). The summed E-state index contributed by atoms with van der Waals surface area (Å²) in [5.74, 6) is 1.05. The molecule has 1 radical (unpaired) electrons. The molecule has 17 heavy (non-hydrogen) atoms. The van der Waals surface area contributed by atoms with Crippen LogP contribution >= 0.6 is 0 Å². The fraction of sp³-hybridized carbons (Fsp3) is 0.0714. The second kappa shape index (κ2) is 5.16. The van der Waals surface area contributed by atoms with E-state index in [1.807, 2.05) is 54.6 Å². The van der Waals surface area contributed by atoms with E-state index in [2.05, 4.69) is 4.99 Å². The van der Waals surface area contributed by atoms with Crippen LogP contribution in [-0.4, -0.2) is 12.9 Å². The summed E-state index contributed by atoms with van der Waals surface area (Å²) >= 11 is 0. The second-order valence-corrected chi connectivity index (χ2v) is 3.52. The number of amidine groups is 1. The van der Waals surface area contributed by atoms with Gasteiger partial charge in [0.25, 0.3) is 0 Å². The van der Waals surface area contributed by atoms with Gasteiger partial charge in [0.05, 0.1) is 12.8 Å². The van der Waals surface area contributed by atoms with Gasteiger partial charge in [-0.05, 0) is 24.3 Å². The Morgan fingerprint density at radius 2 is 1.65 bits per heavy atom. The van der Waals surface area contributed by atoms with Crippen LogP contribution in [0.4, 0.5) is 5.69 Å². The van der Waals surface area contributed by atoms with E-state index < -0.39 is 0 Å². The Morgan fingerprint density at radius 1 is 1.00 bits per heavy atom. The predicted octanol–water partition coefficient (Wildman–Crippen LogP) is 3.06. The van der Waals surface area contributed by atoms with E-state index in [1.54, 1.807) is 7.11 Å². The number of nitrogens with one attached hydrogen (secondary N) is 1. The smallest absolute Gasteiger partial charge is 0.152 e. The standard InChI is InChI=1S/C14H13N2O/c1-17-13-9-7-12(8-10-13)16-14(15)11-5-3-2-4-6-11/h2-10,15H,1H3/b16-14-. The molecule has 0 atom stereocenters. The number of rotatable bonds is 3. The van der Waals surface area contributed by atoms with Gasteiger partial charge in [-0.25, -0.2) is 4.99 Å². The van der Waals surface area contributed by atoms with Crippen LogP contribution in [0.15, 0.2) is 59.6 Å². The third kappa shape index (κ3) is 2.84. The van der Waals surface area contributed by atoms with E-state index in [0.717, 1.165) is 17.0 Å². The Morgan fingerprint density at radius 3 is 2.24 bits per heavy atom. The molecule has 0 aromatic heterocycles. The molecule has 3 heteroatoms. The van der Waals surface area contributed by atoms with Gasteiger partial charge in [-0.15, -0.1) is 0 Å². The molecule has 0 spiro atoms. The lowest BCUT2D eigenvalue weighted by atomic mass is 10.2. The van der Waals surface area contributed by atoms with Gasteiger partial charge in [-0.1, -0.05) is 30.3 Å². The van der Waals surface area contributed by atoms with Gasteiger partial charge >= 0.3 is 0 Å². The molecule has 85 valence electrons. The molecule has 0 heterocycles. The van der Waals surface area contributed by atoms with Gasteiger partial charge in [-0.2, -0.15) is 0 Å². The molecule has 3 nitrogen and oxygen atoms in total. The van der Waals surface area contributed by atoms with Crippen molar-refractivity contribution in [3.8, 4) is 5.75 Å². The Bertz CT molecular complexity index is 504. The molecule has 0 amide bonds. The summed E-state index contributed by atoms with van der Waals surface area (Å²) in [6.45, 7) is 0. The maximum Gasteiger partial charge on any atom is 0.152 e. The summed E-state index contributed by atoms with van der Waals surface area (Å²) in [5.41, 5.74) is 9.43. The molecule has 0 fully saturated rings. The molecule has 0 saturated carbocycles. The normalized spacial score (nSPS) is 11.2. The average Bonchev–Trinajstić information content (AvgIpc) is 2.40. The van der Waals surface area contributed by atoms with Crippen LogP contribution in [0.1, 0.15) is 5.56 Å². The van der Waals surface area contributed by atoms with Crippen molar-refractivity contribution < 1.29 is 4.74 Å². The SMILES string of the molecule is COc1ccc(/N=C(\[NH])c2ccccc2)cc1. The second-order valence-electron chi connectivity index (χ2n) is 3.52. The Hall–Kier alpha value is -2.29. The summed E-state index contributed by atoms with van der Waals surface area (Å²) < 4.78 is 5.06. The van der Waals surface area contributed by atoms with Gasteiger partial charge in [0.15, 0.2) is 5.84 Å². The maximum atomic E-state index is 7.87. The Balaban J connectivity index is 2.23. The fourth-order valence-electron chi connectivity index (χ4n) is 1.45. The van der Waals surface area contributed by atoms with Crippen LogP contribution in [0.25, 0.3) is 0 Å². The highest BCUT2D eigenvalue weighted by atomic mass is 16.5.